The molecule has 1 aliphatic rings. The summed E-state index contributed by atoms with van der Waals surface area (Å²) in [5.74, 6) is 0.419. The largest absolute Gasteiger partial charge is 0.504 e. The van der Waals surface area contributed by atoms with Gasteiger partial charge in [-0.15, -0.1) is 0 Å². The summed E-state index contributed by atoms with van der Waals surface area (Å²) in [5.41, 5.74) is 0.579. The minimum Gasteiger partial charge on any atom is -0.504 e. The number of amides is 1. The number of aromatic hydroxyl groups is 1. The van der Waals surface area contributed by atoms with Gasteiger partial charge in [-0.3, -0.25) is 4.79 Å². The van der Waals surface area contributed by atoms with Gasteiger partial charge in [-0.2, -0.15) is 0 Å². The number of methoxy groups -OCH3 is 1. The van der Waals surface area contributed by atoms with Crippen LogP contribution in [0.5, 0.6) is 11.5 Å². The fourth-order valence-corrected chi connectivity index (χ4v) is 1.49. The van der Waals surface area contributed by atoms with Gasteiger partial charge in [0.05, 0.1) is 13.0 Å². The van der Waals surface area contributed by atoms with E-state index in [-0.39, 0.29) is 17.6 Å². The van der Waals surface area contributed by atoms with Crippen molar-refractivity contribution in [1.29, 1.82) is 0 Å². The summed E-state index contributed by atoms with van der Waals surface area (Å²) in [6, 6.07) is 4.79. The molecule has 0 bridgehead atoms. The van der Waals surface area contributed by atoms with E-state index in [1.165, 1.54) is 13.2 Å². The van der Waals surface area contributed by atoms with E-state index < -0.39 is 0 Å². The summed E-state index contributed by atoms with van der Waals surface area (Å²) in [5, 5.41) is 15.3. The molecule has 0 aliphatic carbocycles. The maximum atomic E-state index is 11.6. The molecule has 3 N–H and O–H groups in total. The Balaban J connectivity index is 2.03. The van der Waals surface area contributed by atoms with E-state index in [1.54, 1.807) is 12.1 Å². The van der Waals surface area contributed by atoms with E-state index >= 15 is 0 Å². The molecule has 0 unspecified atom stereocenters. The highest BCUT2D eigenvalue weighted by molar-refractivity contribution is 5.93. The second-order valence-corrected chi connectivity index (χ2v) is 3.73. The first-order chi connectivity index (χ1) is 7.70. The Morgan fingerprint density at radius 2 is 2.31 bits per heavy atom. The van der Waals surface area contributed by atoms with Crippen LogP contribution in [-0.4, -0.2) is 31.2 Å². The van der Waals surface area contributed by atoms with Crippen molar-refractivity contribution < 1.29 is 14.6 Å². The quantitative estimate of drug-likeness (QED) is 0.698. The first-order valence-corrected chi connectivity index (χ1v) is 5.09. The Kier molecular flexibility index (Phi) is 2.96. The van der Waals surface area contributed by atoms with Crippen LogP contribution in [-0.2, 0) is 4.79 Å². The maximum Gasteiger partial charge on any atom is 0.230 e. The lowest BCUT2D eigenvalue weighted by atomic mass is 10.0. The smallest absolute Gasteiger partial charge is 0.230 e. The highest BCUT2D eigenvalue weighted by Gasteiger charge is 2.24. The highest BCUT2D eigenvalue weighted by atomic mass is 16.5. The van der Waals surface area contributed by atoms with Gasteiger partial charge in [-0.05, 0) is 12.1 Å². The van der Waals surface area contributed by atoms with Gasteiger partial charge in [0, 0.05) is 24.8 Å². The van der Waals surface area contributed by atoms with E-state index in [0.29, 0.717) is 24.5 Å². The molecule has 5 heteroatoms. The predicted molar refractivity (Wildman–Crippen MR) is 59.6 cm³/mol. The number of carbonyl (C=O) groups is 1. The SMILES string of the molecule is COc1ccc(NC(=O)C2CNC2)cc1O. The minimum atomic E-state index is -0.0247. The van der Waals surface area contributed by atoms with Crippen LogP contribution >= 0.6 is 0 Å². The van der Waals surface area contributed by atoms with Gasteiger partial charge >= 0.3 is 0 Å². The van der Waals surface area contributed by atoms with Crippen LogP contribution in [0.2, 0.25) is 0 Å². The summed E-state index contributed by atoms with van der Waals surface area (Å²) >= 11 is 0. The monoisotopic (exact) mass is 222 g/mol. The minimum absolute atomic E-state index is 0.0204. The van der Waals surface area contributed by atoms with Crippen molar-refractivity contribution >= 4 is 11.6 Å². The van der Waals surface area contributed by atoms with Crippen LogP contribution < -0.4 is 15.4 Å². The Hall–Kier alpha value is -1.75. The number of anilines is 1. The molecule has 0 radical (unpaired) electrons. The third-order valence-corrected chi connectivity index (χ3v) is 2.60. The molecular weight excluding hydrogens is 208 g/mol. The van der Waals surface area contributed by atoms with Crippen molar-refractivity contribution in [3.63, 3.8) is 0 Å². The van der Waals surface area contributed by atoms with E-state index in [1.807, 2.05) is 0 Å². The number of hydrogen-bond acceptors (Lipinski definition) is 4. The van der Waals surface area contributed by atoms with Crippen LogP contribution in [0, 0.1) is 5.92 Å². The third-order valence-electron chi connectivity index (χ3n) is 2.60. The van der Waals surface area contributed by atoms with Crippen LogP contribution in [0.3, 0.4) is 0 Å². The molecule has 1 amide bonds. The lowest BCUT2D eigenvalue weighted by molar-refractivity contribution is -0.121. The van der Waals surface area contributed by atoms with E-state index in [2.05, 4.69) is 10.6 Å². The van der Waals surface area contributed by atoms with Gasteiger partial charge in [0.15, 0.2) is 11.5 Å². The average molecular weight is 222 g/mol. The molecule has 0 atom stereocenters. The number of rotatable bonds is 3. The molecule has 0 spiro atoms. The molecule has 0 aromatic heterocycles. The molecule has 86 valence electrons. The van der Waals surface area contributed by atoms with Crippen molar-refractivity contribution in [2.75, 3.05) is 25.5 Å². The summed E-state index contributed by atoms with van der Waals surface area (Å²) in [7, 11) is 1.48. The van der Waals surface area contributed by atoms with Crippen molar-refractivity contribution in [1.82, 2.24) is 5.32 Å². The maximum absolute atomic E-state index is 11.6. The zero-order valence-electron chi connectivity index (χ0n) is 8.99. The van der Waals surface area contributed by atoms with Gasteiger partial charge in [0.1, 0.15) is 0 Å². The zero-order valence-corrected chi connectivity index (χ0v) is 8.99. The van der Waals surface area contributed by atoms with Gasteiger partial charge < -0.3 is 20.5 Å². The highest BCUT2D eigenvalue weighted by Crippen LogP contribution is 2.28. The Morgan fingerprint density at radius 1 is 1.56 bits per heavy atom. The van der Waals surface area contributed by atoms with Gasteiger partial charge in [0.2, 0.25) is 5.91 Å². The van der Waals surface area contributed by atoms with Crippen molar-refractivity contribution in [3.05, 3.63) is 18.2 Å². The summed E-state index contributed by atoms with van der Waals surface area (Å²) in [6.45, 7) is 1.43. The van der Waals surface area contributed by atoms with Crippen molar-refractivity contribution in [2.45, 2.75) is 0 Å². The van der Waals surface area contributed by atoms with Crippen LogP contribution in [0.4, 0.5) is 5.69 Å². The van der Waals surface area contributed by atoms with E-state index in [0.717, 1.165) is 0 Å². The fraction of sp³-hybridized carbons (Fsp3) is 0.364. The standard InChI is InChI=1S/C11H14N2O3/c1-16-10-3-2-8(4-9(10)14)13-11(15)7-5-12-6-7/h2-4,7,12,14H,5-6H2,1H3,(H,13,15). The second kappa shape index (κ2) is 4.40. The summed E-state index contributed by atoms with van der Waals surface area (Å²) in [4.78, 5) is 11.6. The second-order valence-electron chi connectivity index (χ2n) is 3.73. The first kappa shape index (κ1) is 10.8. The molecule has 2 rings (SSSR count). The molecule has 1 aromatic rings. The number of phenols is 1. The number of nitrogens with one attached hydrogen (secondary N) is 2. The molecule has 0 saturated carbocycles. The first-order valence-electron chi connectivity index (χ1n) is 5.09. The molecule has 16 heavy (non-hydrogen) atoms. The summed E-state index contributed by atoms with van der Waals surface area (Å²) < 4.78 is 4.91. The third kappa shape index (κ3) is 2.09. The van der Waals surface area contributed by atoms with E-state index in [9.17, 15) is 9.90 Å². The summed E-state index contributed by atoms with van der Waals surface area (Å²) in [6.07, 6.45) is 0. The van der Waals surface area contributed by atoms with Crippen molar-refractivity contribution in [3.8, 4) is 11.5 Å². The molecule has 1 saturated heterocycles. The molecule has 1 fully saturated rings. The Bertz CT molecular complexity index is 402. The van der Waals surface area contributed by atoms with Gasteiger partial charge in [-0.1, -0.05) is 0 Å². The van der Waals surface area contributed by atoms with Crippen LogP contribution in [0.1, 0.15) is 0 Å². The van der Waals surface area contributed by atoms with Gasteiger partial charge in [0.25, 0.3) is 0 Å². The Labute approximate surface area is 93.4 Å². The lowest BCUT2D eigenvalue weighted by Crippen LogP contribution is -2.48. The Morgan fingerprint density at radius 3 is 2.81 bits per heavy atom. The van der Waals surface area contributed by atoms with Crippen molar-refractivity contribution in [2.24, 2.45) is 5.92 Å². The molecular formula is C11H14N2O3. The topological polar surface area (TPSA) is 70.6 Å². The number of benzene rings is 1. The zero-order chi connectivity index (χ0) is 11.5. The predicted octanol–water partition coefficient (Wildman–Crippen LogP) is 0.559. The molecule has 1 aliphatic heterocycles. The normalized spacial score (nSPS) is 15.3. The van der Waals surface area contributed by atoms with Gasteiger partial charge in [-0.25, -0.2) is 0 Å². The number of phenolic OH excluding ortho intramolecular Hbond substituents is 1. The number of hydrogen-bond donors (Lipinski definition) is 3. The number of carbonyl (C=O) groups excluding carboxylic acids is 1. The molecule has 5 nitrogen and oxygen atoms in total. The number of ether oxygens (including phenoxy) is 1. The van der Waals surface area contributed by atoms with Crippen LogP contribution in [0.25, 0.3) is 0 Å². The molecule has 1 aromatic carbocycles. The lowest BCUT2D eigenvalue weighted by Gasteiger charge is -2.25. The van der Waals surface area contributed by atoms with Crippen LogP contribution in [0.15, 0.2) is 18.2 Å². The average Bonchev–Trinajstić information content (AvgIpc) is 2.15. The van der Waals surface area contributed by atoms with E-state index in [4.69, 9.17) is 4.74 Å². The molecule has 1 heterocycles. The fourth-order valence-electron chi connectivity index (χ4n) is 1.49.